The number of amides is 1. The molecule has 1 saturated carbocycles. The molecular formula is C23H23FN2O2. The van der Waals surface area contributed by atoms with E-state index in [1.807, 2.05) is 12.1 Å². The van der Waals surface area contributed by atoms with E-state index in [-0.39, 0.29) is 28.4 Å². The Balaban J connectivity index is 1.92. The molecular weight excluding hydrogens is 355 g/mol. The summed E-state index contributed by atoms with van der Waals surface area (Å²) in [6.07, 6.45) is 4.92. The fourth-order valence-electron chi connectivity index (χ4n) is 4.13. The number of aryl methyl sites for hydroxylation is 1. The summed E-state index contributed by atoms with van der Waals surface area (Å²) in [5.41, 5.74) is 0.820. The molecule has 0 spiro atoms. The summed E-state index contributed by atoms with van der Waals surface area (Å²) in [6.45, 7) is 0. The molecule has 4 rings (SSSR count). The molecule has 0 atom stereocenters. The summed E-state index contributed by atoms with van der Waals surface area (Å²) in [7, 11) is 1.79. The Labute approximate surface area is 163 Å². The molecule has 1 amide bonds. The molecule has 28 heavy (non-hydrogen) atoms. The van der Waals surface area contributed by atoms with Gasteiger partial charge in [0, 0.05) is 23.9 Å². The Morgan fingerprint density at radius 1 is 1.04 bits per heavy atom. The summed E-state index contributed by atoms with van der Waals surface area (Å²) in [6, 6.07) is 13.4. The third-order valence-electron chi connectivity index (χ3n) is 5.67. The summed E-state index contributed by atoms with van der Waals surface area (Å²) in [5, 5.41) is 3.46. The number of pyridine rings is 1. The van der Waals surface area contributed by atoms with Crippen LogP contribution in [0.15, 0.2) is 53.3 Å². The van der Waals surface area contributed by atoms with Crippen LogP contribution in [-0.2, 0) is 11.8 Å². The van der Waals surface area contributed by atoms with Crippen LogP contribution in [-0.4, -0.2) is 10.5 Å². The molecule has 3 aromatic rings. The van der Waals surface area contributed by atoms with Gasteiger partial charge in [0.25, 0.3) is 0 Å². The molecule has 0 bridgehead atoms. The lowest BCUT2D eigenvalue weighted by atomic mass is 9.88. The molecule has 0 saturated heterocycles. The molecule has 0 aliphatic heterocycles. The van der Waals surface area contributed by atoms with Gasteiger partial charge in [-0.2, -0.15) is 0 Å². The number of hydrogen-bond acceptors (Lipinski definition) is 2. The van der Waals surface area contributed by atoms with Crippen molar-refractivity contribution < 1.29 is 9.18 Å². The van der Waals surface area contributed by atoms with Crippen LogP contribution < -0.4 is 10.7 Å². The van der Waals surface area contributed by atoms with Gasteiger partial charge < -0.3 is 9.88 Å². The Kier molecular flexibility index (Phi) is 4.99. The van der Waals surface area contributed by atoms with Crippen molar-refractivity contribution in [3.05, 3.63) is 64.6 Å². The summed E-state index contributed by atoms with van der Waals surface area (Å²) in [5.74, 6) is -0.293. The molecule has 1 aliphatic carbocycles. The number of benzene rings is 2. The van der Waals surface area contributed by atoms with E-state index in [1.54, 1.807) is 41.9 Å². The van der Waals surface area contributed by atoms with Gasteiger partial charge in [0.05, 0.1) is 11.1 Å². The van der Waals surface area contributed by atoms with Crippen molar-refractivity contribution in [3.63, 3.8) is 0 Å². The van der Waals surface area contributed by atoms with Crippen LogP contribution >= 0.6 is 0 Å². The third-order valence-corrected chi connectivity index (χ3v) is 5.67. The fourth-order valence-corrected chi connectivity index (χ4v) is 4.13. The second kappa shape index (κ2) is 7.58. The van der Waals surface area contributed by atoms with Gasteiger partial charge in [-0.25, -0.2) is 4.39 Å². The van der Waals surface area contributed by atoms with E-state index in [4.69, 9.17) is 0 Å². The predicted octanol–water partition coefficient (Wildman–Crippen LogP) is 4.86. The van der Waals surface area contributed by atoms with Crippen molar-refractivity contribution in [1.82, 2.24) is 4.57 Å². The van der Waals surface area contributed by atoms with E-state index in [0.717, 1.165) is 32.1 Å². The average Bonchev–Trinajstić information content (AvgIpc) is 2.73. The van der Waals surface area contributed by atoms with Crippen molar-refractivity contribution in [2.75, 3.05) is 5.32 Å². The normalized spacial score (nSPS) is 14.9. The van der Waals surface area contributed by atoms with Gasteiger partial charge in [-0.1, -0.05) is 49.6 Å². The van der Waals surface area contributed by atoms with E-state index >= 15 is 0 Å². The molecule has 1 fully saturated rings. The van der Waals surface area contributed by atoms with E-state index in [0.29, 0.717) is 16.7 Å². The lowest BCUT2D eigenvalue weighted by Crippen LogP contribution is -2.28. The monoisotopic (exact) mass is 378 g/mol. The SMILES string of the molecule is Cn1c(NC(=O)C2CCCCC2)c(-c2ccccc2F)c(=O)c2ccccc21. The minimum atomic E-state index is -0.483. The van der Waals surface area contributed by atoms with Gasteiger partial charge in [0.1, 0.15) is 11.6 Å². The smallest absolute Gasteiger partial charge is 0.228 e. The maximum absolute atomic E-state index is 14.6. The maximum Gasteiger partial charge on any atom is 0.228 e. The summed E-state index contributed by atoms with van der Waals surface area (Å²) >= 11 is 0. The Bertz CT molecular complexity index is 1100. The standard InChI is InChI=1S/C23H23FN2O2/c1-26-19-14-8-6-12-17(19)21(27)20(16-11-5-7-13-18(16)24)22(26)25-23(28)15-9-3-2-4-10-15/h5-8,11-15H,2-4,9-10H2,1H3,(H,25,28). The van der Waals surface area contributed by atoms with Crippen molar-refractivity contribution in [1.29, 1.82) is 0 Å². The average molecular weight is 378 g/mol. The zero-order chi connectivity index (χ0) is 19.7. The number of halogens is 1. The highest BCUT2D eigenvalue weighted by atomic mass is 19.1. The molecule has 2 aromatic carbocycles. The van der Waals surface area contributed by atoms with Gasteiger partial charge >= 0.3 is 0 Å². The van der Waals surface area contributed by atoms with Crippen molar-refractivity contribution in [3.8, 4) is 11.1 Å². The van der Waals surface area contributed by atoms with Gasteiger partial charge in [-0.15, -0.1) is 0 Å². The van der Waals surface area contributed by atoms with Crippen LogP contribution in [0.1, 0.15) is 32.1 Å². The minimum Gasteiger partial charge on any atom is -0.330 e. The Hall–Kier alpha value is -2.95. The number of anilines is 1. The van der Waals surface area contributed by atoms with Crippen LogP contribution in [0.5, 0.6) is 0 Å². The molecule has 0 radical (unpaired) electrons. The number of fused-ring (bicyclic) bond motifs is 1. The molecule has 1 heterocycles. The Morgan fingerprint density at radius 2 is 1.71 bits per heavy atom. The first-order valence-corrected chi connectivity index (χ1v) is 9.75. The van der Waals surface area contributed by atoms with E-state index in [2.05, 4.69) is 5.32 Å². The second-order valence-corrected chi connectivity index (χ2v) is 7.43. The summed E-state index contributed by atoms with van der Waals surface area (Å²) < 4.78 is 16.4. The summed E-state index contributed by atoms with van der Waals surface area (Å²) in [4.78, 5) is 26.2. The van der Waals surface area contributed by atoms with Crippen LogP contribution in [0.2, 0.25) is 0 Å². The highest BCUT2D eigenvalue weighted by Gasteiger charge is 2.25. The van der Waals surface area contributed by atoms with Crippen LogP contribution in [0.25, 0.3) is 22.0 Å². The van der Waals surface area contributed by atoms with Gasteiger partial charge in [0.2, 0.25) is 5.91 Å². The molecule has 1 aromatic heterocycles. The first-order chi connectivity index (χ1) is 13.6. The minimum absolute atomic E-state index is 0.0659. The topological polar surface area (TPSA) is 51.1 Å². The number of nitrogens with one attached hydrogen (secondary N) is 1. The van der Waals surface area contributed by atoms with Gasteiger partial charge in [-0.05, 0) is 31.0 Å². The molecule has 5 heteroatoms. The van der Waals surface area contributed by atoms with Crippen LogP contribution in [0, 0.1) is 11.7 Å². The number of carbonyl (C=O) groups excluding carboxylic acids is 1. The number of hydrogen-bond donors (Lipinski definition) is 1. The number of rotatable bonds is 3. The number of aromatic nitrogens is 1. The molecule has 144 valence electrons. The molecule has 4 nitrogen and oxygen atoms in total. The molecule has 1 aliphatic rings. The van der Waals surface area contributed by atoms with Gasteiger partial charge in [-0.3, -0.25) is 9.59 Å². The van der Waals surface area contributed by atoms with Crippen molar-refractivity contribution in [2.45, 2.75) is 32.1 Å². The maximum atomic E-state index is 14.6. The highest BCUT2D eigenvalue weighted by molar-refractivity contribution is 5.99. The molecule has 1 N–H and O–H groups in total. The Morgan fingerprint density at radius 3 is 2.46 bits per heavy atom. The van der Waals surface area contributed by atoms with Crippen LogP contribution in [0.4, 0.5) is 10.2 Å². The zero-order valence-corrected chi connectivity index (χ0v) is 15.9. The lowest BCUT2D eigenvalue weighted by molar-refractivity contribution is -0.120. The third kappa shape index (κ3) is 3.21. The van der Waals surface area contributed by atoms with E-state index in [1.165, 1.54) is 6.07 Å². The zero-order valence-electron chi connectivity index (χ0n) is 15.9. The number of carbonyl (C=O) groups is 1. The molecule has 0 unspecified atom stereocenters. The van der Waals surface area contributed by atoms with Crippen molar-refractivity contribution >= 4 is 22.6 Å². The quantitative estimate of drug-likeness (QED) is 0.707. The first kappa shape index (κ1) is 18.4. The number of nitrogens with zero attached hydrogens (tertiary/aromatic N) is 1. The van der Waals surface area contributed by atoms with E-state index < -0.39 is 5.82 Å². The van der Waals surface area contributed by atoms with Crippen molar-refractivity contribution in [2.24, 2.45) is 13.0 Å². The largest absolute Gasteiger partial charge is 0.330 e. The number of para-hydroxylation sites is 1. The van der Waals surface area contributed by atoms with Gasteiger partial charge in [0.15, 0.2) is 5.43 Å². The lowest BCUT2D eigenvalue weighted by Gasteiger charge is -2.23. The first-order valence-electron chi connectivity index (χ1n) is 9.75. The highest BCUT2D eigenvalue weighted by Crippen LogP contribution is 2.31. The van der Waals surface area contributed by atoms with E-state index in [9.17, 15) is 14.0 Å². The second-order valence-electron chi connectivity index (χ2n) is 7.43. The van der Waals surface area contributed by atoms with Crippen LogP contribution in [0.3, 0.4) is 0 Å². The predicted molar refractivity (Wildman–Crippen MR) is 110 cm³/mol. The fraction of sp³-hybridized carbons (Fsp3) is 0.304.